The summed E-state index contributed by atoms with van der Waals surface area (Å²) in [6.45, 7) is 0.912. The van der Waals surface area contributed by atoms with E-state index in [0.717, 1.165) is 11.1 Å². The number of anilines is 1. The molecule has 0 aliphatic rings. The van der Waals surface area contributed by atoms with Crippen LogP contribution in [0.25, 0.3) is 6.08 Å². The minimum Gasteiger partial charge on any atom is -0.489 e. The van der Waals surface area contributed by atoms with Gasteiger partial charge in [0.2, 0.25) is 5.91 Å². The maximum Gasteiger partial charge on any atom is 0.248 e. The monoisotopic (exact) mass is 428 g/mol. The van der Waals surface area contributed by atoms with Crippen LogP contribution >= 0.6 is 0 Å². The van der Waals surface area contributed by atoms with Crippen LogP contribution in [-0.2, 0) is 17.9 Å². The van der Waals surface area contributed by atoms with E-state index in [1.165, 1.54) is 18.2 Å². The first kappa shape index (κ1) is 21.0. The van der Waals surface area contributed by atoms with Crippen LogP contribution in [0.2, 0.25) is 0 Å². The number of nitrogens with zero attached hydrogens (tertiary/aromatic N) is 3. The smallest absolute Gasteiger partial charge is 0.248 e. The van der Waals surface area contributed by atoms with Crippen molar-refractivity contribution in [2.24, 2.45) is 0 Å². The molecule has 1 N–H and O–H groups in total. The zero-order chi connectivity index (χ0) is 22.2. The normalized spacial score (nSPS) is 10.9. The molecular formula is C25H21FN4O2. The second kappa shape index (κ2) is 10.2. The number of benzene rings is 3. The van der Waals surface area contributed by atoms with E-state index < -0.39 is 0 Å². The predicted molar refractivity (Wildman–Crippen MR) is 120 cm³/mol. The molecule has 0 atom stereocenters. The van der Waals surface area contributed by atoms with Gasteiger partial charge in [0.25, 0.3) is 0 Å². The van der Waals surface area contributed by atoms with Crippen LogP contribution in [0.5, 0.6) is 5.75 Å². The van der Waals surface area contributed by atoms with Crippen molar-refractivity contribution in [3.05, 3.63) is 114 Å². The van der Waals surface area contributed by atoms with Crippen molar-refractivity contribution in [1.29, 1.82) is 0 Å². The maximum absolute atomic E-state index is 13.0. The third kappa shape index (κ3) is 6.12. The van der Waals surface area contributed by atoms with Crippen LogP contribution in [-0.4, -0.2) is 20.9 Å². The molecule has 0 saturated heterocycles. The fourth-order valence-electron chi connectivity index (χ4n) is 2.99. The van der Waals surface area contributed by atoms with Gasteiger partial charge in [-0.25, -0.2) is 9.07 Å². The Morgan fingerprint density at radius 3 is 2.62 bits per heavy atom. The van der Waals surface area contributed by atoms with Gasteiger partial charge < -0.3 is 10.1 Å². The number of carbonyl (C=O) groups is 1. The topological polar surface area (TPSA) is 69.0 Å². The third-order valence-electron chi connectivity index (χ3n) is 4.57. The Balaban J connectivity index is 1.30. The molecule has 0 spiro atoms. The quantitative estimate of drug-likeness (QED) is 0.413. The van der Waals surface area contributed by atoms with Crippen molar-refractivity contribution >= 4 is 17.7 Å². The van der Waals surface area contributed by atoms with Gasteiger partial charge >= 0.3 is 0 Å². The van der Waals surface area contributed by atoms with Gasteiger partial charge in [-0.05, 0) is 41.5 Å². The Morgan fingerprint density at radius 2 is 1.81 bits per heavy atom. The van der Waals surface area contributed by atoms with Gasteiger partial charge in [0.05, 0.1) is 12.7 Å². The highest BCUT2D eigenvalue weighted by Crippen LogP contribution is 2.19. The third-order valence-corrected chi connectivity index (χ3v) is 4.57. The molecule has 0 saturated carbocycles. The van der Waals surface area contributed by atoms with Crippen molar-refractivity contribution < 1.29 is 13.9 Å². The van der Waals surface area contributed by atoms with Crippen LogP contribution in [0.3, 0.4) is 0 Å². The molecule has 0 bridgehead atoms. The molecule has 0 aliphatic carbocycles. The molecule has 3 aromatic carbocycles. The summed E-state index contributed by atoms with van der Waals surface area (Å²) in [6.07, 6.45) is 4.79. The summed E-state index contributed by atoms with van der Waals surface area (Å²) in [7, 11) is 0. The number of amides is 1. The molecule has 1 amide bonds. The molecule has 0 unspecified atom stereocenters. The number of carbonyl (C=O) groups excluding carboxylic acids is 1. The lowest BCUT2D eigenvalue weighted by Crippen LogP contribution is -2.07. The number of hydrogen-bond acceptors (Lipinski definition) is 4. The number of rotatable bonds is 8. The van der Waals surface area contributed by atoms with Gasteiger partial charge in [0, 0.05) is 17.8 Å². The number of ether oxygens (including phenoxy) is 1. The second-order valence-electron chi connectivity index (χ2n) is 7.09. The molecule has 4 rings (SSSR count). The van der Waals surface area contributed by atoms with E-state index in [4.69, 9.17) is 4.74 Å². The molecule has 6 nitrogen and oxygen atoms in total. The van der Waals surface area contributed by atoms with Crippen molar-refractivity contribution in [3.8, 4) is 5.75 Å². The number of aromatic nitrogens is 3. The zero-order valence-corrected chi connectivity index (χ0v) is 17.2. The Bertz CT molecular complexity index is 1200. The minimum absolute atomic E-state index is 0.287. The lowest BCUT2D eigenvalue weighted by atomic mass is 10.2. The lowest BCUT2D eigenvalue weighted by Gasteiger charge is -2.08. The number of nitrogens with one attached hydrogen (secondary N) is 1. The van der Waals surface area contributed by atoms with Crippen LogP contribution in [0.15, 0.2) is 91.1 Å². The Hall–Kier alpha value is -4.26. The van der Waals surface area contributed by atoms with E-state index in [0.29, 0.717) is 30.3 Å². The van der Waals surface area contributed by atoms with Crippen LogP contribution in [0.1, 0.15) is 16.8 Å². The lowest BCUT2D eigenvalue weighted by molar-refractivity contribution is -0.111. The van der Waals surface area contributed by atoms with E-state index in [9.17, 15) is 9.18 Å². The first-order valence-electron chi connectivity index (χ1n) is 10.0. The van der Waals surface area contributed by atoms with E-state index >= 15 is 0 Å². The fraction of sp³-hybridized carbons (Fsp3) is 0.0800. The van der Waals surface area contributed by atoms with Crippen LogP contribution in [0, 0.1) is 5.82 Å². The fourth-order valence-corrected chi connectivity index (χ4v) is 2.99. The van der Waals surface area contributed by atoms with Gasteiger partial charge in [-0.2, -0.15) is 0 Å². The highest BCUT2D eigenvalue weighted by molar-refractivity contribution is 6.01. The summed E-state index contributed by atoms with van der Waals surface area (Å²) in [5, 5.41) is 10.9. The molecule has 0 fully saturated rings. The SMILES string of the molecule is O=C(/C=C/c1cn(Cc2ccccc2)nn1)Nc1cccc(OCc2ccc(F)cc2)c1. The largest absolute Gasteiger partial charge is 0.489 e. The zero-order valence-electron chi connectivity index (χ0n) is 17.2. The van der Waals surface area contributed by atoms with Crippen LogP contribution in [0.4, 0.5) is 10.1 Å². The highest BCUT2D eigenvalue weighted by atomic mass is 19.1. The molecule has 160 valence electrons. The van der Waals surface area contributed by atoms with Gasteiger partial charge in [-0.15, -0.1) is 5.10 Å². The van der Waals surface area contributed by atoms with Crippen molar-refractivity contribution in [2.75, 3.05) is 5.32 Å². The molecule has 1 aromatic heterocycles. The molecule has 0 radical (unpaired) electrons. The van der Waals surface area contributed by atoms with Gasteiger partial charge in [-0.3, -0.25) is 4.79 Å². The minimum atomic E-state index is -0.293. The first-order valence-corrected chi connectivity index (χ1v) is 10.0. The number of halogens is 1. The molecule has 0 aliphatic heterocycles. The van der Waals surface area contributed by atoms with Crippen molar-refractivity contribution in [3.63, 3.8) is 0 Å². The summed E-state index contributed by atoms with van der Waals surface area (Å²) >= 11 is 0. The summed E-state index contributed by atoms with van der Waals surface area (Å²) < 4.78 is 20.4. The Labute approximate surface area is 185 Å². The summed E-state index contributed by atoms with van der Waals surface area (Å²) in [5.41, 5.74) is 3.16. The predicted octanol–water partition coefficient (Wildman–Crippen LogP) is 4.70. The Kier molecular flexibility index (Phi) is 6.67. The van der Waals surface area contributed by atoms with E-state index in [1.54, 1.807) is 53.4 Å². The molecule has 32 heavy (non-hydrogen) atoms. The maximum atomic E-state index is 13.0. The summed E-state index contributed by atoms with van der Waals surface area (Å²) in [4.78, 5) is 12.3. The van der Waals surface area contributed by atoms with Gasteiger partial charge in [-0.1, -0.05) is 53.7 Å². The standard InChI is InChI=1S/C25H21FN4O2/c26-21-11-9-20(10-12-21)18-32-24-8-4-7-22(15-24)27-25(31)14-13-23-17-30(29-28-23)16-19-5-2-1-3-6-19/h1-15,17H,16,18H2,(H,27,31)/b14-13+. The first-order chi connectivity index (χ1) is 15.6. The highest BCUT2D eigenvalue weighted by Gasteiger charge is 2.03. The summed E-state index contributed by atoms with van der Waals surface area (Å²) in [6, 6.07) is 23.1. The van der Waals surface area contributed by atoms with Gasteiger partial charge in [0.15, 0.2) is 0 Å². The van der Waals surface area contributed by atoms with E-state index in [-0.39, 0.29) is 11.7 Å². The van der Waals surface area contributed by atoms with Crippen LogP contribution < -0.4 is 10.1 Å². The van der Waals surface area contributed by atoms with E-state index in [1.807, 2.05) is 30.3 Å². The molecular weight excluding hydrogens is 407 g/mol. The molecule has 7 heteroatoms. The van der Waals surface area contributed by atoms with Crippen molar-refractivity contribution in [1.82, 2.24) is 15.0 Å². The van der Waals surface area contributed by atoms with E-state index in [2.05, 4.69) is 15.6 Å². The molecule has 1 heterocycles. The molecule has 4 aromatic rings. The van der Waals surface area contributed by atoms with Gasteiger partial charge in [0.1, 0.15) is 23.9 Å². The average Bonchev–Trinajstić information content (AvgIpc) is 3.25. The summed E-state index contributed by atoms with van der Waals surface area (Å²) in [5.74, 6) is 0.0171. The second-order valence-corrected chi connectivity index (χ2v) is 7.09. The Morgan fingerprint density at radius 1 is 1.00 bits per heavy atom. The average molecular weight is 428 g/mol. The van der Waals surface area contributed by atoms with Crippen molar-refractivity contribution in [2.45, 2.75) is 13.2 Å². The number of hydrogen-bond donors (Lipinski definition) is 1.